The number of aromatic nitrogens is 4. The van der Waals surface area contributed by atoms with Crippen molar-refractivity contribution in [2.45, 2.75) is 24.3 Å². The zero-order chi connectivity index (χ0) is 17.9. The first kappa shape index (κ1) is 16.6. The van der Waals surface area contributed by atoms with Crippen molar-refractivity contribution in [1.82, 2.24) is 19.7 Å². The summed E-state index contributed by atoms with van der Waals surface area (Å²) in [6, 6.07) is 20.5. The highest BCUT2D eigenvalue weighted by Gasteiger charge is 2.20. The topological polar surface area (TPSA) is 56.7 Å². The van der Waals surface area contributed by atoms with Gasteiger partial charge >= 0.3 is 0 Å². The SMILES string of the molecule is Cc1noc([C@H](C)Sc2ncc(-c3ccccc3)n2-c2ccccc2)n1. The number of hydrogen-bond acceptors (Lipinski definition) is 5. The number of nitrogens with zero attached hydrogens (tertiary/aromatic N) is 4. The van der Waals surface area contributed by atoms with E-state index in [1.165, 1.54) is 0 Å². The highest BCUT2D eigenvalue weighted by molar-refractivity contribution is 7.99. The molecule has 0 N–H and O–H groups in total. The minimum absolute atomic E-state index is 0.00434. The van der Waals surface area contributed by atoms with Crippen LogP contribution in [0, 0.1) is 6.92 Å². The van der Waals surface area contributed by atoms with Gasteiger partial charge in [-0.25, -0.2) is 4.98 Å². The van der Waals surface area contributed by atoms with Gasteiger partial charge in [0.1, 0.15) is 0 Å². The molecule has 2 aromatic heterocycles. The van der Waals surface area contributed by atoms with Crippen LogP contribution in [0.1, 0.15) is 23.9 Å². The molecular formula is C20H18N4OS. The molecule has 0 amide bonds. The van der Waals surface area contributed by atoms with Gasteiger partial charge in [0.05, 0.1) is 17.1 Å². The third-order valence-corrected chi connectivity index (χ3v) is 5.04. The van der Waals surface area contributed by atoms with Crippen LogP contribution in [-0.4, -0.2) is 19.7 Å². The molecular weight excluding hydrogens is 344 g/mol. The van der Waals surface area contributed by atoms with Crippen LogP contribution < -0.4 is 0 Å². The summed E-state index contributed by atoms with van der Waals surface area (Å²) >= 11 is 1.60. The van der Waals surface area contributed by atoms with Gasteiger partial charge in [-0.05, 0) is 26.0 Å². The van der Waals surface area contributed by atoms with Crippen LogP contribution in [0.2, 0.25) is 0 Å². The minimum Gasteiger partial charge on any atom is -0.338 e. The lowest BCUT2D eigenvalue weighted by molar-refractivity contribution is 0.376. The molecule has 6 heteroatoms. The minimum atomic E-state index is 0.00434. The number of imidazole rings is 1. The van der Waals surface area contributed by atoms with E-state index in [1.54, 1.807) is 11.8 Å². The summed E-state index contributed by atoms with van der Waals surface area (Å²) in [6.07, 6.45) is 1.91. The summed E-state index contributed by atoms with van der Waals surface area (Å²) in [7, 11) is 0. The molecule has 0 fully saturated rings. The summed E-state index contributed by atoms with van der Waals surface area (Å²) < 4.78 is 7.48. The Balaban J connectivity index is 1.76. The molecule has 0 spiro atoms. The zero-order valence-corrected chi connectivity index (χ0v) is 15.4. The smallest absolute Gasteiger partial charge is 0.239 e. The lowest BCUT2D eigenvalue weighted by atomic mass is 10.1. The molecule has 5 nitrogen and oxygen atoms in total. The first-order valence-electron chi connectivity index (χ1n) is 8.38. The Kier molecular flexibility index (Phi) is 4.58. The monoisotopic (exact) mass is 362 g/mol. The van der Waals surface area contributed by atoms with E-state index >= 15 is 0 Å². The number of rotatable bonds is 5. The summed E-state index contributed by atoms with van der Waals surface area (Å²) in [6.45, 7) is 3.87. The second-order valence-electron chi connectivity index (χ2n) is 5.90. The summed E-state index contributed by atoms with van der Waals surface area (Å²) in [5, 5.41) is 4.78. The third-order valence-electron chi connectivity index (χ3n) is 3.99. The normalized spacial score (nSPS) is 12.2. The maximum absolute atomic E-state index is 5.32. The quantitative estimate of drug-likeness (QED) is 0.463. The molecule has 0 radical (unpaired) electrons. The Labute approximate surface area is 156 Å². The Hall–Kier alpha value is -2.86. The molecule has 0 aliphatic carbocycles. The van der Waals surface area contributed by atoms with Gasteiger partial charge in [-0.3, -0.25) is 4.57 Å². The van der Waals surface area contributed by atoms with E-state index in [0.717, 1.165) is 22.1 Å². The van der Waals surface area contributed by atoms with Crippen LogP contribution in [0.25, 0.3) is 16.9 Å². The number of thioether (sulfide) groups is 1. The average Bonchev–Trinajstić information content (AvgIpc) is 3.29. The van der Waals surface area contributed by atoms with Gasteiger partial charge in [0.25, 0.3) is 0 Å². The van der Waals surface area contributed by atoms with E-state index in [-0.39, 0.29) is 5.25 Å². The second-order valence-corrected chi connectivity index (χ2v) is 7.21. The predicted octanol–water partition coefficient (Wildman–Crippen LogP) is 5.08. The van der Waals surface area contributed by atoms with E-state index in [4.69, 9.17) is 4.52 Å². The van der Waals surface area contributed by atoms with E-state index in [1.807, 2.05) is 56.4 Å². The Morgan fingerprint density at radius 1 is 1.00 bits per heavy atom. The molecule has 0 aliphatic heterocycles. The first-order valence-corrected chi connectivity index (χ1v) is 9.26. The second kappa shape index (κ2) is 7.17. The van der Waals surface area contributed by atoms with Gasteiger partial charge < -0.3 is 4.52 Å². The fourth-order valence-electron chi connectivity index (χ4n) is 2.74. The van der Waals surface area contributed by atoms with E-state index in [9.17, 15) is 0 Å². The van der Waals surface area contributed by atoms with Gasteiger partial charge in [0, 0.05) is 11.3 Å². The van der Waals surface area contributed by atoms with Crippen molar-refractivity contribution < 1.29 is 4.52 Å². The maximum Gasteiger partial charge on any atom is 0.239 e. The summed E-state index contributed by atoms with van der Waals surface area (Å²) in [5.41, 5.74) is 3.24. The lowest BCUT2D eigenvalue weighted by Gasteiger charge is -2.13. The van der Waals surface area contributed by atoms with Crippen LogP contribution in [0.15, 0.2) is 76.5 Å². The van der Waals surface area contributed by atoms with Crippen molar-refractivity contribution in [2.24, 2.45) is 0 Å². The Morgan fingerprint density at radius 3 is 2.35 bits per heavy atom. The van der Waals surface area contributed by atoms with Crippen LogP contribution in [0.4, 0.5) is 0 Å². The third kappa shape index (κ3) is 3.28. The molecule has 130 valence electrons. The lowest BCUT2D eigenvalue weighted by Crippen LogP contribution is -2.00. The molecule has 0 aliphatic rings. The van der Waals surface area contributed by atoms with Crippen LogP contribution in [-0.2, 0) is 0 Å². The van der Waals surface area contributed by atoms with E-state index in [2.05, 4.69) is 44.0 Å². The predicted molar refractivity (Wildman–Crippen MR) is 102 cm³/mol. The van der Waals surface area contributed by atoms with Gasteiger partial charge in [0.2, 0.25) is 5.89 Å². The highest BCUT2D eigenvalue weighted by Crippen LogP contribution is 2.37. The first-order chi connectivity index (χ1) is 12.7. The standard InChI is InChI=1S/C20H18N4OS/c1-14(19-22-15(2)23-25-19)26-20-21-13-18(16-9-5-3-6-10-16)24(20)17-11-7-4-8-12-17/h3-14H,1-2H3/t14-/m0/s1. The van der Waals surface area contributed by atoms with E-state index < -0.39 is 0 Å². The molecule has 1 atom stereocenters. The van der Waals surface area contributed by atoms with Gasteiger partial charge in [-0.1, -0.05) is 65.4 Å². The van der Waals surface area contributed by atoms with Crippen molar-refractivity contribution in [3.8, 4) is 16.9 Å². The molecule has 4 rings (SSSR count). The molecule has 2 aromatic carbocycles. The summed E-state index contributed by atoms with van der Waals surface area (Å²) in [5.74, 6) is 1.25. The number of hydrogen-bond donors (Lipinski definition) is 0. The number of aryl methyl sites for hydroxylation is 1. The maximum atomic E-state index is 5.32. The van der Waals surface area contributed by atoms with Crippen LogP contribution >= 0.6 is 11.8 Å². The molecule has 2 heterocycles. The molecule has 0 unspecified atom stereocenters. The van der Waals surface area contributed by atoms with Gasteiger partial charge in [-0.2, -0.15) is 4.98 Å². The van der Waals surface area contributed by atoms with Crippen molar-refractivity contribution in [3.63, 3.8) is 0 Å². The van der Waals surface area contributed by atoms with Crippen molar-refractivity contribution in [1.29, 1.82) is 0 Å². The zero-order valence-electron chi connectivity index (χ0n) is 14.5. The molecule has 4 aromatic rings. The fraction of sp³-hybridized carbons (Fsp3) is 0.150. The van der Waals surface area contributed by atoms with E-state index in [0.29, 0.717) is 11.7 Å². The van der Waals surface area contributed by atoms with Crippen molar-refractivity contribution in [3.05, 3.63) is 78.6 Å². The van der Waals surface area contributed by atoms with Crippen LogP contribution in [0.5, 0.6) is 0 Å². The van der Waals surface area contributed by atoms with Gasteiger partial charge in [-0.15, -0.1) is 0 Å². The van der Waals surface area contributed by atoms with Crippen molar-refractivity contribution >= 4 is 11.8 Å². The molecule has 0 saturated carbocycles. The summed E-state index contributed by atoms with van der Waals surface area (Å²) in [4.78, 5) is 9.02. The average molecular weight is 362 g/mol. The molecule has 0 bridgehead atoms. The van der Waals surface area contributed by atoms with Gasteiger partial charge in [0.15, 0.2) is 11.0 Å². The number of benzene rings is 2. The fourth-order valence-corrected chi connectivity index (χ4v) is 3.68. The molecule has 26 heavy (non-hydrogen) atoms. The Morgan fingerprint density at radius 2 is 1.69 bits per heavy atom. The Bertz CT molecular complexity index is 995. The highest BCUT2D eigenvalue weighted by atomic mass is 32.2. The van der Waals surface area contributed by atoms with Crippen LogP contribution in [0.3, 0.4) is 0 Å². The largest absolute Gasteiger partial charge is 0.338 e. The number of para-hydroxylation sites is 1. The molecule has 0 saturated heterocycles. The van der Waals surface area contributed by atoms with Crippen molar-refractivity contribution in [2.75, 3.05) is 0 Å².